The number of rotatable bonds is 4. The molecule has 144 valence electrons. The zero-order chi connectivity index (χ0) is 18.8. The first-order valence-corrected chi connectivity index (χ1v) is 9.77. The van der Waals surface area contributed by atoms with E-state index in [1.54, 1.807) is 6.92 Å². The van der Waals surface area contributed by atoms with Gasteiger partial charge in [0.05, 0.1) is 6.04 Å². The number of amides is 2. The van der Waals surface area contributed by atoms with Crippen LogP contribution in [0.5, 0.6) is 0 Å². The SMILES string of the molecule is CC(=O)N1CCC(C(=O)NCC2CCCN2c2nc3ccccc3o2)CC1. The molecule has 0 bridgehead atoms. The normalized spacial score (nSPS) is 21.0. The van der Waals surface area contributed by atoms with Crippen LogP contribution in [0, 0.1) is 5.92 Å². The van der Waals surface area contributed by atoms with Gasteiger partial charge >= 0.3 is 0 Å². The number of hydrogen-bond acceptors (Lipinski definition) is 5. The van der Waals surface area contributed by atoms with Gasteiger partial charge in [-0.15, -0.1) is 0 Å². The highest BCUT2D eigenvalue weighted by atomic mass is 16.4. The fourth-order valence-electron chi connectivity index (χ4n) is 4.10. The minimum Gasteiger partial charge on any atom is -0.423 e. The summed E-state index contributed by atoms with van der Waals surface area (Å²) in [5.74, 6) is 0.191. The highest BCUT2D eigenvalue weighted by Gasteiger charge is 2.30. The topological polar surface area (TPSA) is 78.7 Å². The fourth-order valence-corrected chi connectivity index (χ4v) is 4.10. The molecule has 4 rings (SSSR count). The van der Waals surface area contributed by atoms with Gasteiger partial charge in [0.1, 0.15) is 5.52 Å². The summed E-state index contributed by atoms with van der Waals surface area (Å²) in [6.07, 6.45) is 3.56. The van der Waals surface area contributed by atoms with Crippen LogP contribution in [-0.2, 0) is 9.59 Å². The van der Waals surface area contributed by atoms with Gasteiger partial charge in [0.15, 0.2) is 5.58 Å². The molecule has 1 aromatic heterocycles. The van der Waals surface area contributed by atoms with E-state index in [4.69, 9.17) is 4.42 Å². The Balaban J connectivity index is 1.33. The van der Waals surface area contributed by atoms with E-state index in [1.165, 1.54) is 0 Å². The van der Waals surface area contributed by atoms with Crippen LogP contribution in [0.2, 0.25) is 0 Å². The number of hydrogen-bond donors (Lipinski definition) is 1. The Kier molecular flexibility index (Phi) is 5.01. The Morgan fingerprint density at radius 1 is 1.19 bits per heavy atom. The molecule has 0 radical (unpaired) electrons. The second kappa shape index (κ2) is 7.58. The number of fused-ring (bicyclic) bond motifs is 1. The Bertz CT molecular complexity index is 792. The van der Waals surface area contributed by atoms with Crippen LogP contribution >= 0.6 is 0 Å². The molecule has 0 saturated carbocycles. The van der Waals surface area contributed by atoms with Crippen molar-refractivity contribution in [1.82, 2.24) is 15.2 Å². The zero-order valence-electron chi connectivity index (χ0n) is 15.7. The van der Waals surface area contributed by atoms with E-state index >= 15 is 0 Å². The number of aromatic nitrogens is 1. The molecule has 0 aliphatic carbocycles. The molecule has 1 unspecified atom stereocenters. The van der Waals surface area contributed by atoms with Crippen LogP contribution in [0.1, 0.15) is 32.6 Å². The quantitative estimate of drug-likeness (QED) is 0.892. The summed E-state index contributed by atoms with van der Waals surface area (Å²) >= 11 is 0. The standard InChI is InChI=1S/C20H26N4O3/c1-14(25)23-11-8-15(9-12-23)19(26)21-13-16-5-4-10-24(16)20-22-17-6-2-3-7-18(17)27-20/h2-3,6-7,15-16H,4-5,8-13H2,1H3,(H,21,26). The van der Waals surface area contributed by atoms with E-state index in [0.717, 1.165) is 43.3 Å². The molecule has 0 spiro atoms. The first kappa shape index (κ1) is 17.8. The number of nitrogens with zero attached hydrogens (tertiary/aromatic N) is 3. The summed E-state index contributed by atoms with van der Waals surface area (Å²) in [4.78, 5) is 32.5. The molecule has 1 atom stereocenters. The van der Waals surface area contributed by atoms with E-state index in [9.17, 15) is 9.59 Å². The van der Waals surface area contributed by atoms with Crippen molar-refractivity contribution >= 4 is 28.9 Å². The lowest BCUT2D eigenvalue weighted by molar-refractivity contribution is -0.133. The molecule has 7 nitrogen and oxygen atoms in total. The lowest BCUT2D eigenvalue weighted by atomic mass is 9.96. The minimum absolute atomic E-state index is 0.000205. The molecule has 2 saturated heterocycles. The molecular weight excluding hydrogens is 344 g/mol. The lowest BCUT2D eigenvalue weighted by Gasteiger charge is -2.31. The molecule has 27 heavy (non-hydrogen) atoms. The van der Waals surface area contributed by atoms with E-state index in [1.807, 2.05) is 29.2 Å². The maximum Gasteiger partial charge on any atom is 0.298 e. The van der Waals surface area contributed by atoms with Crippen molar-refractivity contribution < 1.29 is 14.0 Å². The van der Waals surface area contributed by atoms with Crippen molar-refractivity contribution in [2.75, 3.05) is 31.1 Å². The third-order valence-electron chi connectivity index (χ3n) is 5.73. The number of benzene rings is 1. The largest absolute Gasteiger partial charge is 0.423 e. The van der Waals surface area contributed by atoms with Crippen LogP contribution in [0.3, 0.4) is 0 Å². The Labute approximate surface area is 158 Å². The molecule has 2 aliphatic rings. The third kappa shape index (κ3) is 3.77. The van der Waals surface area contributed by atoms with Gasteiger partial charge in [0, 0.05) is 39.0 Å². The first-order valence-electron chi connectivity index (χ1n) is 9.77. The highest BCUT2D eigenvalue weighted by Crippen LogP contribution is 2.28. The van der Waals surface area contributed by atoms with E-state index in [0.29, 0.717) is 25.6 Å². The molecule has 2 aliphatic heterocycles. The number of carbonyl (C=O) groups is 2. The van der Waals surface area contributed by atoms with Gasteiger partial charge in [0.25, 0.3) is 6.01 Å². The average molecular weight is 370 g/mol. The van der Waals surface area contributed by atoms with Gasteiger partial charge in [-0.05, 0) is 37.8 Å². The van der Waals surface area contributed by atoms with E-state index in [2.05, 4.69) is 15.2 Å². The van der Waals surface area contributed by atoms with Gasteiger partial charge in [-0.3, -0.25) is 9.59 Å². The van der Waals surface area contributed by atoms with Crippen LogP contribution < -0.4 is 10.2 Å². The van der Waals surface area contributed by atoms with Crippen LogP contribution in [0.4, 0.5) is 6.01 Å². The maximum atomic E-state index is 12.5. The van der Waals surface area contributed by atoms with Gasteiger partial charge in [0.2, 0.25) is 11.8 Å². The summed E-state index contributed by atoms with van der Waals surface area (Å²) in [6.45, 7) is 4.42. The van der Waals surface area contributed by atoms with Gasteiger partial charge < -0.3 is 19.5 Å². The molecule has 2 fully saturated rings. The summed E-state index contributed by atoms with van der Waals surface area (Å²) in [5.41, 5.74) is 1.65. The molecule has 2 aromatic rings. The predicted octanol–water partition coefficient (Wildman–Crippen LogP) is 2.17. The van der Waals surface area contributed by atoms with Crippen molar-refractivity contribution in [2.24, 2.45) is 5.92 Å². The first-order chi connectivity index (χ1) is 13.1. The minimum atomic E-state index is -0.000205. The van der Waals surface area contributed by atoms with Crippen LogP contribution in [0.25, 0.3) is 11.1 Å². The zero-order valence-corrected chi connectivity index (χ0v) is 15.7. The molecule has 1 aromatic carbocycles. The average Bonchev–Trinajstić information content (AvgIpc) is 3.32. The predicted molar refractivity (Wildman–Crippen MR) is 102 cm³/mol. The molecule has 2 amide bonds. The molecule has 3 heterocycles. The monoisotopic (exact) mass is 370 g/mol. The summed E-state index contributed by atoms with van der Waals surface area (Å²) in [5, 5.41) is 3.12. The van der Waals surface area contributed by atoms with Gasteiger partial charge in [-0.1, -0.05) is 12.1 Å². The van der Waals surface area contributed by atoms with Gasteiger partial charge in [-0.25, -0.2) is 0 Å². The smallest absolute Gasteiger partial charge is 0.298 e. The highest BCUT2D eigenvalue weighted by molar-refractivity contribution is 5.79. The second-order valence-corrected chi connectivity index (χ2v) is 7.48. The Morgan fingerprint density at radius 3 is 2.70 bits per heavy atom. The number of carbonyl (C=O) groups excluding carboxylic acids is 2. The summed E-state index contributed by atoms with van der Waals surface area (Å²) < 4.78 is 5.90. The van der Waals surface area contributed by atoms with Gasteiger partial charge in [-0.2, -0.15) is 4.98 Å². The summed E-state index contributed by atoms with van der Waals surface area (Å²) in [7, 11) is 0. The number of anilines is 1. The second-order valence-electron chi connectivity index (χ2n) is 7.48. The van der Waals surface area contributed by atoms with Crippen molar-refractivity contribution in [3.05, 3.63) is 24.3 Å². The van der Waals surface area contributed by atoms with Crippen molar-refractivity contribution in [2.45, 2.75) is 38.6 Å². The number of likely N-dealkylation sites (tertiary alicyclic amines) is 1. The molecule has 1 N–H and O–H groups in total. The molecule has 7 heteroatoms. The summed E-state index contributed by atoms with van der Waals surface area (Å²) in [6, 6.07) is 8.61. The van der Waals surface area contributed by atoms with Crippen molar-refractivity contribution in [3.63, 3.8) is 0 Å². The number of piperidine rings is 1. The number of para-hydroxylation sites is 2. The van der Waals surface area contributed by atoms with E-state index < -0.39 is 0 Å². The van der Waals surface area contributed by atoms with Crippen molar-refractivity contribution in [3.8, 4) is 0 Å². The molecular formula is C20H26N4O3. The Hall–Kier alpha value is -2.57. The van der Waals surface area contributed by atoms with Crippen molar-refractivity contribution in [1.29, 1.82) is 0 Å². The lowest BCUT2D eigenvalue weighted by Crippen LogP contribution is -2.45. The van der Waals surface area contributed by atoms with Crippen LogP contribution in [-0.4, -0.2) is 53.9 Å². The Morgan fingerprint density at radius 2 is 1.96 bits per heavy atom. The maximum absolute atomic E-state index is 12.5. The number of oxazole rings is 1. The van der Waals surface area contributed by atoms with E-state index in [-0.39, 0.29) is 23.8 Å². The number of nitrogens with one attached hydrogen (secondary N) is 1. The fraction of sp³-hybridized carbons (Fsp3) is 0.550. The third-order valence-corrected chi connectivity index (χ3v) is 5.73. The van der Waals surface area contributed by atoms with Crippen LogP contribution in [0.15, 0.2) is 28.7 Å².